The van der Waals surface area contributed by atoms with E-state index in [2.05, 4.69) is 64.0 Å². The Kier molecular flexibility index (Phi) is 5.62. The predicted octanol–water partition coefficient (Wildman–Crippen LogP) is 3.00. The molecule has 0 aliphatic rings. The van der Waals surface area contributed by atoms with Crippen LogP contribution in [0.15, 0.2) is 52.8 Å². The number of nitrogens with one attached hydrogen (secondary N) is 1. The Morgan fingerprint density at radius 1 is 1.20 bits per heavy atom. The minimum absolute atomic E-state index is 0.802. The lowest BCUT2D eigenvalue weighted by atomic mass is 10.2. The average Bonchev–Trinajstić information content (AvgIpc) is 3.00. The van der Waals surface area contributed by atoms with Gasteiger partial charge in [-0.3, -0.25) is 4.99 Å². The van der Waals surface area contributed by atoms with E-state index in [-0.39, 0.29) is 0 Å². The zero-order valence-corrected chi connectivity index (χ0v) is 12.9. The molecule has 106 valence electrons. The molecule has 2 rings (SSSR count). The maximum Gasteiger partial charge on any atom is 0.193 e. The highest BCUT2D eigenvalue weighted by Gasteiger charge is 2.06. The van der Waals surface area contributed by atoms with Crippen LogP contribution >= 0.6 is 11.3 Å². The molecule has 0 aliphatic heterocycles. The quantitative estimate of drug-likeness (QED) is 0.676. The molecule has 0 unspecified atom stereocenters. The molecule has 1 heterocycles. The van der Waals surface area contributed by atoms with Crippen molar-refractivity contribution in [1.29, 1.82) is 0 Å². The Bertz CT molecular complexity index is 520. The first-order valence-electron chi connectivity index (χ1n) is 6.77. The zero-order valence-electron chi connectivity index (χ0n) is 12.0. The summed E-state index contributed by atoms with van der Waals surface area (Å²) < 4.78 is 0. The molecule has 0 spiro atoms. The van der Waals surface area contributed by atoms with E-state index in [1.807, 2.05) is 24.5 Å². The summed E-state index contributed by atoms with van der Waals surface area (Å²) in [5.74, 6) is 0.936. The topological polar surface area (TPSA) is 27.6 Å². The molecular weight excluding hydrogens is 266 g/mol. The monoisotopic (exact) mass is 287 g/mol. The van der Waals surface area contributed by atoms with Crippen LogP contribution in [0.1, 0.15) is 10.4 Å². The van der Waals surface area contributed by atoms with Crippen molar-refractivity contribution >= 4 is 17.3 Å². The van der Waals surface area contributed by atoms with Gasteiger partial charge in [-0.25, -0.2) is 0 Å². The third-order valence-corrected chi connectivity index (χ3v) is 4.08. The molecule has 0 saturated carbocycles. The summed E-state index contributed by atoms with van der Waals surface area (Å²) in [4.78, 5) is 7.92. The summed E-state index contributed by atoms with van der Waals surface area (Å²) in [5.41, 5.74) is 1.26. The maximum absolute atomic E-state index is 4.34. The Balaban J connectivity index is 1.82. The van der Waals surface area contributed by atoms with E-state index in [1.54, 1.807) is 0 Å². The SMILES string of the molecule is CN=C(NCc1ccccc1)N(C)CCc1cccs1. The second-order valence-electron chi connectivity index (χ2n) is 4.64. The van der Waals surface area contributed by atoms with Gasteiger partial charge < -0.3 is 10.2 Å². The second kappa shape index (κ2) is 7.70. The minimum atomic E-state index is 0.802. The van der Waals surface area contributed by atoms with Crippen LogP contribution in [-0.4, -0.2) is 31.5 Å². The van der Waals surface area contributed by atoms with Crippen molar-refractivity contribution in [3.05, 3.63) is 58.3 Å². The van der Waals surface area contributed by atoms with Gasteiger partial charge in [0.2, 0.25) is 0 Å². The van der Waals surface area contributed by atoms with Crippen LogP contribution in [-0.2, 0) is 13.0 Å². The molecule has 2 aromatic rings. The molecule has 0 amide bonds. The van der Waals surface area contributed by atoms with Crippen molar-refractivity contribution in [3.63, 3.8) is 0 Å². The van der Waals surface area contributed by atoms with E-state index < -0.39 is 0 Å². The van der Waals surface area contributed by atoms with Crippen molar-refractivity contribution < 1.29 is 0 Å². The summed E-state index contributed by atoms with van der Waals surface area (Å²) >= 11 is 1.81. The van der Waals surface area contributed by atoms with Crippen LogP contribution in [0, 0.1) is 0 Å². The largest absolute Gasteiger partial charge is 0.352 e. The van der Waals surface area contributed by atoms with Crippen molar-refractivity contribution in [1.82, 2.24) is 10.2 Å². The van der Waals surface area contributed by atoms with E-state index in [1.165, 1.54) is 10.4 Å². The van der Waals surface area contributed by atoms with Crippen LogP contribution in [0.5, 0.6) is 0 Å². The first kappa shape index (κ1) is 14.6. The maximum atomic E-state index is 4.34. The normalized spacial score (nSPS) is 11.4. The predicted molar refractivity (Wildman–Crippen MR) is 87.3 cm³/mol. The number of aliphatic imine (C=N–C) groups is 1. The Hall–Kier alpha value is -1.81. The van der Waals surface area contributed by atoms with E-state index >= 15 is 0 Å². The van der Waals surface area contributed by atoms with Gasteiger partial charge in [-0.2, -0.15) is 0 Å². The number of guanidine groups is 1. The third-order valence-electron chi connectivity index (χ3n) is 3.14. The summed E-state index contributed by atoms with van der Waals surface area (Å²) in [5, 5.41) is 5.52. The van der Waals surface area contributed by atoms with Crippen LogP contribution in [0.3, 0.4) is 0 Å². The molecule has 0 saturated heterocycles. The average molecular weight is 287 g/mol. The zero-order chi connectivity index (χ0) is 14.2. The lowest BCUT2D eigenvalue weighted by Gasteiger charge is -2.21. The van der Waals surface area contributed by atoms with Crippen molar-refractivity contribution in [3.8, 4) is 0 Å². The lowest BCUT2D eigenvalue weighted by molar-refractivity contribution is 0.486. The van der Waals surface area contributed by atoms with Gasteiger partial charge in [0.05, 0.1) is 0 Å². The first-order chi connectivity index (χ1) is 9.79. The Labute approximate surface area is 125 Å². The molecular formula is C16H21N3S. The van der Waals surface area contributed by atoms with E-state index in [4.69, 9.17) is 0 Å². The Morgan fingerprint density at radius 2 is 2.00 bits per heavy atom. The standard InChI is InChI=1S/C16H21N3S/c1-17-16(18-13-14-7-4-3-5-8-14)19(2)11-10-15-9-6-12-20-15/h3-9,12H,10-11,13H2,1-2H3,(H,17,18). The van der Waals surface area contributed by atoms with Crippen molar-refractivity contribution in [2.24, 2.45) is 4.99 Å². The molecule has 0 bridgehead atoms. The van der Waals surface area contributed by atoms with Gasteiger partial charge in [0, 0.05) is 32.1 Å². The van der Waals surface area contributed by atoms with Gasteiger partial charge in [-0.05, 0) is 23.4 Å². The highest BCUT2D eigenvalue weighted by Crippen LogP contribution is 2.09. The number of hydrogen-bond acceptors (Lipinski definition) is 2. The summed E-state index contributed by atoms with van der Waals surface area (Å²) in [6.45, 7) is 1.77. The number of hydrogen-bond donors (Lipinski definition) is 1. The summed E-state index contributed by atoms with van der Waals surface area (Å²) in [7, 11) is 3.91. The first-order valence-corrected chi connectivity index (χ1v) is 7.65. The number of benzene rings is 1. The lowest BCUT2D eigenvalue weighted by Crippen LogP contribution is -2.39. The van der Waals surface area contributed by atoms with Gasteiger partial charge in [-0.15, -0.1) is 11.3 Å². The number of thiophene rings is 1. The highest BCUT2D eigenvalue weighted by molar-refractivity contribution is 7.09. The molecule has 20 heavy (non-hydrogen) atoms. The van der Waals surface area contributed by atoms with E-state index in [9.17, 15) is 0 Å². The fourth-order valence-corrected chi connectivity index (χ4v) is 2.70. The van der Waals surface area contributed by atoms with Crippen molar-refractivity contribution in [2.75, 3.05) is 20.6 Å². The fraction of sp³-hybridized carbons (Fsp3) is 0.312. The molecule has 3 nitrogen and oxygen atoms in total. The summed E-state index contributed by atoms with van der Waals surface area (Å²) in [6.07, 6.45) is 1.06. The molecule has 0 radical (unpaired) electrons. The van der Waals surface area contributed by atoms with Crippen LogP contribution in [0.4, 0.5) is 0 Å². The highest BCUT2D eigenvalue weighted by atomic mass is 32.1. The number of rotatable bonds is 5. The number of likely N-dealkylation sites (N-methyl/N-ethyl adjacent to an activating group) is 1. The van der Waals surface area contributed by atoms with Crippen LogP contribution in [0.25, 0.3) is 0 Å². The van der Waals surface area contributed by atoms with Crippen LogP contribution in [0.2, 0.25) is 0 Å². The molecule has 0 fully saturated rings. The fourth-order valence-electron chi connectivity index (χ4n) is 2.00. The van der Waals surface area contributed by atoms with Crippen molar-refractivity contribution in [2.45, 2.75) is 13.0 Å². The smallest absolute Gasteiger partial charge is 0.193 e. The minimum Gasteiger partial charge on any atom is -0.352 e. The molecule has 0 aliphatic carbocycles. The van der Waals surface area contributed by atoms with Gasteiger partial charge in [0.25, 0.3) is 0 Å². The number of nitrogens with zero attached hydrogens (tertiary/aromatic N) is 2. The van der Waals surface area contributed by atoms with E-state index in [0.717, 1.165) is 25.5 Å². The molecule has 4 heteroatoms. The van der Waals surface area contributed by atoms with Gasteiger partial charge >= 0.3 is 0 Å². The van der Waals surface area contributed by atoms with Gasteiger partial charge in [0.1, 0.15) is 0 Å². The van der Waals surface area contributed by atoms with Gasteiger partial charge in [-0.1, -0.05) is 36.4 Å². The molecule has 1 aromatic carbocycles. The van der Waals surface area contributed by atoms with Crippen LogP contribution < -0.4 is 5.32 Å². The third kappa shape index (κ3) is 4.38. The second-order valence-corrected chi connectivity index (χ2v) is 5.67. The molecule has 0 atom stereocenters. The molecule has 1 N–H and O–H groups in total. The van der Waals surface area contributed by atoms with Gasteiger partial charge in [0.15, 0.2) is 5.96 Å². The Morgan fingerprint density at radius 3 is 2.65 bits per heavy atom. The summed E-state index contributed by atoms with van der Waals surface area (Å²) in [6, 6.07) is 14.7. The van der Waals surface area contributed by atoms with E-state index in [0.29, 0.717) is 0 Å². The molecule has 1 aromatic heterocycles.